The Morgan fingerprint density at radius 2 is 1.88 bits per heavy atom. The van der Waals surface area contributed by atoms with Crippen LogP contribution in [0.4, 0.5) is 4.79 Å². The lowest BCUT2D eigenvalue weighted by atomic mass is 10.2. The zero-order chi connectivity index (χ0) is 19.5. The number of hydrogen-bond acceptors (Lipinski definition) is 6. The molecule has 1 aromatic rings. The van der Waals surface area contributed by atoms with Crippen LogP contribution in [-0.2, 0) is 9.53 Å². The van der Waals surface area contributed by atoms with Gasteiger partial charge in [-0.05, 0) is 30.5 Å². The molecule has 8 heteroatoms. The van der Waals surface area contributed by atoms with Gasteiger partial charge in [0.2, 0.25) is 0 Å². The summed E-state index contributed by atoms with van der Waals surface area (Å²) in [5.41, 5.74) is 0.210. The van der Waals surface area contributed by atoms with Crippen LogP contribution in [0.1, 0.15) is 37.6 Å². The van der Waals surface area contributed by atoms with E-state index in [1.165, 1.54) is 19.2 Å². The molecule has 144 valence electrons. The smallest absolute Gasteiger partial charge is 0.338 e. The first kappa shape index (κ1) is 21.3. The third-order valence-electron chi connectivity index (χ3n) is 3.09. The number of methoxy groups -OCH3 is 1. The molecule has 26 heavy (non-hydrogen) atoms. The van der Waals surface area contributed by atoms with E-state index in [9.17, 15) is 14.4 Å². The summed E-state index contributed by atoms with van der Waals surface area (Å²) in [6, 6.07) is 3.98. The maximum Gasteiger partial charge on any atom is 0.338 e. The third kappa shape index (κ3) is 7.42. The van der Waals surface area contributed by atoms with E-state index in [1.807, 2.05) is 20.8 Å². The van der Waals surface area contributed by atoms with E-state index in [-0.39, 0.29) is 5.56 Å². The Bertz CT molecular complexity index is 630. The van der Waals surface area contributed by atoms with E-state index in [2.05, 4.69) is 10.6 Å². The second-order valence-corrected chi connectivity index (χ2v) is 5.95. The van der Waals surface area contributed by atoms with E-state index in [0.29, 0.717) is 30.6 Å². The average Bonchev–Trinajstić information content (AvgIpc) is 2.62. The quantitative estimate of drug-likeness (QED) is 0.649. The van der Waals surface area contributed by atoms with E-state index in [0.717, 1.165) is 6.42 Å². The molecule has 3 amide bonds. The SMILES string of the molecule is CCCNC(=O)NC(=O)COC(=O)c1ccc(OCC(C)C)c(OC)c1. The first-order chi connectivity index (χ1) is 12.4. The van der Waals surface area contributed by atoms with E-state index in [1.54, 1.807) is 6.07 Å². The van der Waals surface area contributed by atoms with Crippen LogP contribution in [0, 0.1) is 5.92 Å². The van der Waals surface area contributed by atoms with Crippen molar-refractivity contribution in [1.29, 1.82) is 0 Å². The number of carbonyl (C=O) groups is 3. The topological polar surface area (TPSA) is 103 Å². The highest BCUT2D eigenvalue weighted by atomic mass is 16.5. The van der Waals surface area contributed by atoms with E-state index >= 15 is 0 Å². The number of nitrogens with one attached hydrogen (secondary N) is 2. The lowest BCUT2D eigenvalue weighted by molar-refractivity contribution is -0.123. The van der Waals surface area contributed by atoms with Crippen molar-refractivity contribution in [2.75, 3.05) is 26.9 Å². The van der Waals surface area contributed by atoms with Gasteiger partial charge in [0.15, 0.2) is 18.1 Å². The van der Waals surface area contributed by atoms with Crippen molar-refractivity contribution < 1.29 is 28.6 Å². The Balaban J connectivity index is 2.58. The Morgan fingerprint density at radius 1 is 1.15 bits per heavy atom. The van der Waals surface area contributed by atoms with Gasteiger partial charge in [-0.15, -0.1) is 0 Å². The molecule has 2 N–H and O–H groups in total. The zero-order valence-corrected chi connectivity index (χ0v) is 15.6. The first-order valence-corrected chi connectivity index (χ1v) is 8.43. The fraction of sp³-hybridized carbons (Fsp3) is 0.500. The summed E-state index contributed by atoms with van der Waals surface area (Å²) < 4.78 is 15.7. The molecule has 0 aromatic heterocycles. The highest BCUT2D eigenvalue weighted by Gasteiger charge is 2.15. The summed E-state index contributed by atoms with van der Waals surface area (Å²) in [6.45, 7) is 6.32. The second-order valence-electron chi connectivity index (χ2n) is 5.95. The van der Waals surface area contributed by atoms with Gasteiger partial charge in [-0.2, -0.15) is 0 Å². The third-order valence-corrected chi connectivity index (χ3v) is 3.09. The minimum absolute atomic E-state index is 0.210. The first-order valence-electron chi connectivity index (χ1n) is 8.43. The maximum atomic E-state index is 12.1. The number of imide groups is 1. The summed E-state index contributed by atoms with van der Waals surface area (Å²) >= 11 is 0. The average molecular weight is 366 g/mol. The van der Waals surface area contributed by atoms with Gasteiger partial charge in [0.25, 0.3) is 5.91 Å². The van der Waals surface area contributed by atoms with E-state index in [4.69, 9.17) is 14.2 Å². The van der Waals surface area contributed by atoms with Crippen LogP contribution in [0.2, 0.25) is 0 Å². The van der Waals surface area contributed by atoms with Gasteiger partial charge >= 0.3 is 12.0 Å². The van der Waals surface area contributed by atoms with Gasteiger partial charge in [-0.3, -0.25) is 10.1 Å². The molecule has 0 fully saturated rings. The number of rotatable bonds is 9. The molecule has 0 atom stereocenters. The molecule has 0 bridgehead atoms. The molecule has 0 unspecified atom stereocenters. The van der Waals surface area contributed by atoms with Gasteiger partial charge in [-0.25, -0.2) is 9.59 Å². The van der Waals surface area contributed by atoms with Gasteiger partial charge in [0.1, 0.15) is 0 Å². The standard InChI is InChI=1S/C18H26N2O6/c1-5-8-19-18(23)20-16(21)11-26-17(22)13-6-7-14(15(9-13)24-4)25-10-12(2)3/h6-7,9,12H,5,8,10-11H2,1-4H3,(H2,19,20,21,23). The lowest BCUT2D eigenvalue weighted by Gasteiger charge is -2.13. The lowest BCUT2D eigenvalue weighted by Crippen LogP contribution is -2.41. The Morgan fingerprint density at radius 3 is 2.50 bits per heavy atom. The molecule has 0 radical (unpaired) electrons. The second kappa shape index (κ2) is 11.0. The molecular formula is C18H26N2O6. The van der Waals surface area contributed by atoms with Crippen molar-refractivity contribution in [1.82, 2.24) is 10.6 Å². The Hall–Kier alpha value is -2.77. The van der Waals surface area contributed by atoms with Crippen LogP contribution in [-0.4, -0.2) is 44.8 Å². The van der Waals surface area contributed by atoms with Crippen LogP contribution in [0.15, 0.2) is 18.2 Å². The number of benzene rings is 1. The minimum atomic E-state index is -0.712. The summed E-state index contributed by atoms with van der Waals surface area (Å²) in [5, 5.41) is 4.55. The minimum Gasteiger partial charge on any atom is -0.493 e. The molecule has 1 aromatic carbocycles. The van der Waals surface area contributed by atoms with Crippen molar-refractivity contribution in [2.24, 2.45) is 5.92 Å². The number of esters is 1. The summed E-state index contributed by atoms with van der Waals surface area (Å²) in [4.78, 5) is 35.0. The molecular weight excluding hydrogens is 340 g/mol. The van der Waals surface area contributed by atoms with Crippen LogP contribution < -0.4 is 20.1 Å². The largest absolute Gasteiger partial charge is 0.493 e. The highest BCUT2D eigenvalue weighted by Crippen LogP contribution is 2.28. The van der Waals surface area contributed by atoms with Crippen molar-refractivity contribution in [3.05, 3.63) is 23.8 Å². The van der Waals surface area contributed by atoms with Crippen molar-refractivity contribution in [3.8, 4) is 11.5 Å². The highest BCUT2D eigenvalue weighted by molar-refractivity contribution is 5.97. The molecule has 8 nitrogen and oxygen atoms in total. The summed E-state index contributed by atoms with van der Waals surface area (Å²) in [5.74, 6) is -0.164. The molecule has 0 aliphatic carbocycles. The number of carbonyl (C=O) groups excluding carboxylic acids is 3. The van der Waals surface area contributed by atoms with Gasteiger partial charge in [0, 0.05) is 6.54 Å². The number of ether oxygens (including phenoxy) is 3. The van der Waals surface area contributed by atoms with Gasteiger partial charge < -0.3 is 19.5 Å². The molecule has 1 rings (SSSR count). The van der Waals surface area contributed by atoms with Gasteiger partial charge in [0.05, 0.1) is 19.3 Å². The predicted molar refractivity (Wildman–Crippen MR) is 95.4 cm³/mol. The van der Waals surface area contributed by atoms with Crippen molar-refractivity contribution in [2.45, 2.75) is 27.2 Å². The fourth-order valence-electron chi connectivity index (χ4n) is 1.83. The molecule has 0 heterocycles. The molecule has 0 aliphatic heterocycles. The number of hydrogen-bond donors (Lipinski definition) is 2. The van der Waals surface area contributed by atoms with Gasteiger partial charge in [-0.1, -0.05) is 20.8 Å². The predicted octanol–water partition coefficient (Wildman–Crippen LogP) is 2.12. The summed E-state index contributed by atoms with van der Waals surface area (Å²) in [7, 11) is 1.47. The molecule has 0 saturated carbocycles. The Kier molecular flexibility index (Phi) is 8.97. The molecule has 0 aliphatic rings. The number of urea groups is 1. The van der Waals surface area contributed by atoms with Crippen LogP contribution in [0.5, 0.6) is 11.5 Å². The zero-order valence-electron chi connectivity index (χ0n) is 15.6. The maximum absolute atomic E-state index is 12.1. The van der Waals surface area contributed by atoms with E-state index < -0.39 is 24.5 Å². The molecule has 0 spiro atoms. The van der Waals surface area contributed by atoms with Crippen LogP contribution in [0.25, 0.3) is 0 Å². The fourth-order valence-corrected chi connectivity index (χ4v) is 1.83. The normalized spacial score (nSPS) is 10.2. The summed E-state index contributed by atoms with van der Waals surface area (Å²) in [6.07, 6.45) is 0.745. The number of amides is 3. The van der Waals surface area contributed by atoms with Crippen LogP contribution >= 0.6 is 0 Å². The monoisotopic (exact) mass is 366 g/mol. The van der Waals surface area contributed by atoms with Crippen LogP contribution in [0.3, 0.4) is 0 Å². The van der Waals surface area contributed by atoms with Crippen molar-refractivity contribution >= 4 is 17.9 Å². The van der Waals surface area contributed by atoms with Crippen molar-refractivity contribution in [3.63, 3.8) is 0 Å². The Labute approximate surface area is 153 Å². The molecule has 0 saturated heterocycles.